The van der Waals surface area contributed by atoms with E-state index in [4.69, 9.17) is 14.2 Å². The van der Waals surface area contributed by atoms with Gasteiger partial charge in [-0.25, -0.2) is 9.59 Å². The molecule has 1 saturated heterocycles. The third kappa shape index (κ3) is 4.87. The lowest BCUT2D eigenvalue weighted by atomic mass is 9.82. The number of Topliss-reactive ketones (excluding diaryl/α,β-unsaturated/α-hetero) is 1. The minimum absolute atomic E-state index is 0.0212. The van der Waals surface area contributed by atoms with E-state index in [1.807, 2.05) is 45.0 Å². The molecule has 0 N–H and O–H groups in total. The molecule has 2 aromatic rings. The summed E-state index contributed by atoms with van der Waals surface area (Å²) in [6.07, 6.45) is 1.08. The number of likely N-dealkylation sites (tertiary alicyclic amines) is 1. The van der Waals surface area contributed by atoms with Crippen LogP contribution in [-0.2, 0) is 9.47 Å². The normalized spacial score (nSPS) is 17.2. The van der Waals surface area contributed by atoms with Gasteiger partial charge in [-0.05, 0) is 56.2 Å². The average Bonchev–Trinajstić information content (AvgIpc) is 2.77. The van der Waals surface area contributed by atoms with E-state index in [9.17, 15) is 14.4 Å². The first-order valence-corrected chi connectivity index (χ1v) is 11.1. The van der Waals surface area contributed by atoms with E-state index in [1.54, 1.807) is 23.1 Å². The van der Waals surface area contributed by atoms with Crippen LogP contribution in [0, 0.1) is 0 Å². The summed E-state index contributed by atoms with van der Waals surface area (Å²) in [6.45, 7) is 6.49. The number of nitrogens with zero attached hydrogens (tertiary/aromatic N) is 1. The van der Waals surface area contributed by atoms with Crippen molar-refractivity contribution in [2.75, 3.05) is 20.2 Å². The van der Waals surface area contributed by atoms with E-state index in [0.29, 0.717) is 42.8 Å². The maximum absolute atomic E-state index is 13.1. The zero-order valence-electron chi connectivity index (χ0n) is 19.5. The molecule has 0 unspecified atom stereocenters. The number of ether oxygens (including phenoxy) is 3. The van der Waals surface area contributed by atoms with Gasteiger partial charge in [-0.3, -0.25) is 4.79 Å². The molecule has 1 spiro atoms. The number of methoxy groups -OCH3 is 1. The fraction of sp³-hybridized carbons (Fsp3) is 0.423. The molecule has 4 rings (SSSR count). The highest BCUT2D eigenvalue weighted by atomic mass is 16.6. The Morgan fingerprint density at radius 2 is 1.73 bits per heavy atom. The summed E-state index contributed by atoms with van der Waals surface area (Å²) in [7, 11) is 1.34. The van der Waals surface area contributed by atoms with Gasteiger partial charge in [-0.15, -0.1) is 0 Å². The van der Waals surface area contributed by atoms with Gasteiger partial charge in [0.25, 0.3) is 0 Å². The predicted octanol–water partition coefficient (Wildman–Crippen LogP) is 4.88. The van der Waals surface area contributed by atoms with E-state index in [2.05, 4.69) is 0 Å². The second-order valence-corrected chi connectivity index (χ2v) is 9.64. The Balaban J connectivity index is 1.50. The lowest BCUT2D eigenvalue weighted by molar-refractivity contribution is -0.0226. The number of amides is 1. The third-order valence-electron chi connectivity index (χ3n) is 6.03. The number of hydrogen-bond donors (Lipinski definition) is 0. The summed E-state index contributed by atoms with van der Waals surface area (Å²) in [5, 5.41) is 0. The Morgan fingerprint density at radius 1 is 1.03 bits per heavy atom. The van der Waals surface area contributed by atoms with Crippen LogP contribution in [0.4, 0.5) is 4.79 Å². The molecular formula is C26H29NO6. The molecule has 1 fully saturated rings. The van der Waals surface area contributed by atoms with Crippen molar-refractivity contribution in [1.29, 1.82) is 0 Å². The van der Waals surface area contributed by atoms with E-state index < -0.39 is 17.2 Å². The van der Waals surface area contributed by atoms with Crippen LogP contribution < -0.4 is 4.74 Å². The topological polar surface area (TPSA) is 82.1 Å². The molecule has 0 aromatic heterocycles. The highest BCUT2D eigenvalue weighted by Crippen LogP contribution is 2.41. The Bertz CT molecular complexity index is 1090. The van der Waals surface area contributed by atoms with Crippen molar-refractivity contribution in [1.82, 2.24) is 4.90 Å². The monoisotopic (exact) mass is 451 g/mol. The number of hydrogen-bond acceptors (Lipinski definition) is 6. The smallest absolute Gasteiger partial charge is 0.410 e. The number of carbonyl (C=O) groups is 3. The first-order valence-electron chi connectivity index (χ1n) is 11.1. The lowest BCUT2D eigenvalue weighted by Crippen LogP contribution is -2.52. The zero-order chi connectivity index (χ0) is 23.8. The van der Waals surface area contributed by atoms with E-state index >= 15 is 0 Å². The molecule has 0 aliphatic carbocycles. The van der Waals surface area contributed by atoms with Gasteiger partial charge in [0, 0.05) is 25.9 Å². The number of rotatable bonds is 2. The van der Waals surface area contributed by atoms with Crippen LogP contribution in [0.3, 0.4) is 0 Å². The fourth-order valence-electron chi connectivity index (χ4n) is 4.32. The Kier molecular flexibility index (Phi) is 5.91. The number of ketones is 1. The summed E-state index contributed by atoms with van der Waals surface area (Å²) < 4.78 is 16.6. The van der Waals surface area contributed by atoms with Crippen molar-refractivity contribution >= 4 is 17.8 Å². The number of esters is 1. The van der Waals surface area contributed by atoms with E-state index in [0.717, 1.165) is 11.1 Å². The van der Waals surface area contributed by atoms with Crippen LogP contribution in [0.2, 0.25) is 0 Å². The maximum Gasteiger partial charge on any atom is 0.410 e. The molecule has 2 aliphatic heterocycles. The molecule has 0 atom stereocenters. The summed E-state index contributed by atoms with van der Waals surface area (Å²) in [5.74, 6) is 0.173. The summed E-state index contributed by atoms with van der Waals surface area (Å²) in [4.78, 5) is 39.0. The number of carbonyl (C=O) groups excluding carboxylic acids is 3. The van der Waals surface area contributed by atoms with Gasteiger partial charge < -0.3 is 19.1 Å². The third-order valence-corrected chi connectivity index (χ3v) is 6.03. The maximum atomic E-state index is 13.1. The highest BCUT2D eigenvalue weighted by Gasteiger charge is 2.44. The second kappa shape index (κ2) is 8.54. The van der Waals surface area contributed by atoms with Gasteiger partial charge in [-0.2, -0.15) is 0 Å². The van der Waals surface area contributed by atoms with Gasteiger partial charge in [0.15, 0.2) is 5.78 Å². The van der Waals surface area contributed by atoms with Gasteiger partial charge in [0.05, 0.1) is 24.7 Å². The van der Waals surface area contributed by atoms with Gasteiger partial charge in [0.1, 0.15) is 17.0 Å². The number of fused-ring (bicyclic) bond motifs is 1. The number of piperidine rings is 1. The minimum atomic E-state index is -0.602. The van der Waals surface area contributed by atoms with Crippen molar-refractivity contribution in [2.45, 2.75) is 51.2 Å². The van der Waals surface area contributed by atoms with Crippen LogP contribution in [0.1, 0.15) is 60.7 Å². The van der Waals surface area contributed by atoms with Gasteiger partial charge in [0.2, 0.25) is 0 Å². The van der Waals surface area contributed by atoms with Crippen molar-refractivity contribution in [3.63, 3.8) is 0 Å². The molecule has 174 valence electrons. The minimum Gasteiger partial charge on any atom is -0.486 e. The summed E-state index contributed by atoms with van der Waals surface area (Å²) >= 11 is 0. The molecule has 0 saturated carbocycles. The molecule has 1 amide bonds. The van der Waals surface area contributed by atoms with Crippen LogP contribution in [0.25, 0.3) is 11.1 Å². The Labute approximate surface area is 193 Å². The van der Waals surface area contributed by atoms with E-state index in [-0.39, 0.29) is 18.3 Å². The van der Waals surface area contributed by atoms with Gasteiger partial charge in [-0.1, -0.05) is 18.2 Å². The quantitative estimate of drug-likeness (QED) is 0.606. The molecule has 2 heterocycles. The Hall–Kier alpha value is -3.35. The SMILES string of the molecule is COC(=O)c1cccc(-c2ccc3c(c2)C(=O)CC2(CCN(C(=O)OC(C)(C)C)CC2)O3)c1. The standard InChI is InChI=1S/C26H29NO6/c1-25(2,3)33-24(30)27-12-10-26(11-13-27)16-21(28)20-15-18(8-9-22(20)32-26)17-6-5-7-19(14-17)23(29)31-4/h5-9,14-15H,10-13,16H2,1-4H3. The molecule has 2 aromatic carbocycles. The molecule has 2 aliphatic rings. The van der Waals surface area contributed by atoms with Crippen molar-refractivity contribution in [3.8, 4) is 16.9 Å². The molecule has 0 radical (unpaired) electrons. The Morgan fingerprint density at radius 3 is 2.39 bits per heavy atom. The zero-order valence-corrected chi connectivity index (χ0v) is 19.5. The first-order chi connectivity index (χ1) is 15.6. The summed E-state index contributed by atoms with van der Waals surface area (Å²) in [5.41, 5.74) is 1.49. The molecular weight excluding hydrogens is 422 g/mol. The number of benzene rings is 2. The lowest BCUT2D eigenvalue weighted by Gasteiger charge is -2.44. The fourth-order valence-corrected chi connectivity index (χ4v) is 4.32. The van der Waals surface area contributed by atoms with Crippen molar-refractivity contribution in [3.05, 3.63) is 53.6 Å². The highest BCUT2D eigenvalue weighted by molar-refractivity contribution is 6.01. The molecule has 7 nitrogen and oxygen atoms in total. The largest absolute Gasteiger partial charge is 0.486 e. The van der Waals surface area contributed by atoms with Crippen LogP contribution >= 0.6 is 0 Å². The van der Waals surface area contributed by atoms with Gasteiger partial charge >= 0.3 is 12.1 Å². The predicted molar refractivity (Wildman–Crippen MR) is 123 cm³/mol. The first kappa shape index (κ1) is 22.8. The van der Waals surface area contributed by atoms with Crippen LogP contribution in [0.5, 0.6) is 5.75 Å². The van der Waals surface area contributed by atoms with Crippen LogP contribution in [0.15, 0.2) is 42.5 Å². The average molecular weight is 452 g/mol. The van der Waals surface area contributed by atoms with Crippen molar-refractivity contribution < 1.29 is 28.6 Å². The molecule has 0 bridgehead atoms. The van der Waals surface area contributed by atoms with Crippen LogP contribution in [-0.4, -0.2) is 54.1 Å². The molecule has 7 heteroatoms. The summed E-state index contributed by atoms with van der Waals surface area (Å²) in [6, 6.07) is 12.6. The molecule has 33 heavy (non-hydrogen) atoms. The van der Waals surface area contributed by atoms with E-state index in [1.165, 1.54) is 7.11 Å². The second-order valence-electron chi connectivity index (χ2n) is 9.64. The van der Waals surface area contributed by atoms with Crippen molar-refractivity contribution in [2.24, 2.45) is 0 Å².